The molecule has 0 atom stereocenters. The molecule has 0 aliphatic carbocycles. The minimum atomic E-state index is -0.376. The Morgan fingerprint density at radius 3 is 2.61 bits per heavy atom. The average Bonchev–Trinajstić information content (AvgIpc) is 3.09. The number of hydrogen-bond donors (Lipinski definition) is 0. The van der Waals surface area contributed by atoms with Crippen molar-refractivity contribution in [1.82, 2.24) is 0 Å². The molecular formula is C17H15IO3S2. The smallest absolute Gasteiger partial charge is 0.343 e. The maximum Gasteiger partial charge on any atom is 0.343 e. The molecule has 1 fully saturated rings. The molecule has 1 aliphatic heterocycles. The summed E-state index contributed by atoms with van der Waals surface area (Å²) in [5, 5.41) is 0. The molecule has 0 unspecified atom stereocenters. The maximum atomic E-state index is 12.3. The van der Waals surface area contributed by atoms with Crippen molar-refractivity contribution in [2.45, 2.75) is 4.58 Å². The Morgan fingerprint density at radius 2 is 1.91 bits per heavy atom. The molecule has 0 N–H and O–H groups in total. The van der Waals surface area contributed by atoms with E-state index in [0.717, 1.165) is 3.57 Å². The zero-order valence-electron chi connectivity index (χ0n) is 12.5. The van der Waals surface area contributed by atoms with E-state index >= 15 is 0 Å². The number of methoxy groups -OCH3 is 1. The summed E-state index contributed by atoms with van der Waals surface area (Å²) in [5.41, 5.74) is 1.73. The minimum absolute atomic E-state index is 0.376. The monoisotopic (exact) mass is 458 g/mol. The van der Waals surface area contributed by atoms with Gasteiger partial charge in [0, 0.05) is 15.1 Å². The molecule has 120 valence electrons. The third kappa shape index (κ3) is 4.16. The highest BCUT2D eigenvalue weighted by Gasteiger charge is 2.20. The first kappa shape index (κ1) is 17.0. The lowest BCUT2D eigenvalue weighted by molar-refractivity contribution is 0.0729. The lowest BCUT2D eigenvalue weighted by Gasteiger charge is -2.13. The van der Waals surface area contributed by atoms with Gasteiger partial charge in [0.1, 0.15) is 0 Å². The molecule has 1 heterocycles. The first-order chi connectivity index (χ1) is 11.2. The number of thioether (sulfide) groups is 2. The molecule has 2 aromatic rings. The Morgan fingerprint density at radius 1 is 1.13 bits per heavy atom. The predicted octanol–water partition coefficient (Wildman–Crippen LogP) is 5.00. The predicted molar refractivity (Wildman–Crippen MR) is 105 cm³/mol. The lowest BCUT2D eigenvalue weighted by Crippen LogP contribution is -2.09. The Balaban J connectivity index is 1.80. The molecule has 0 spiro atoms. The van der Waals surface area contributed by atoms with Gasteiger partial charge in [-0.15, -0.1) is 23.5 Å². The van der Waals surface area contributed by atoms with Crippen molar-refractivity contribution in [3.8, 4) is 11.5 Å². The van der Waals surface area contributed by atoms with Gasteiger partial charge in [-0.1, -0.05) is 12.1 Å². The van der Waals surface area contributed by atoms with E-state index in [4.69, 9.17) is 9.47 Å². The van der Waals surface area contributed by atoms with E-state index in [2.05, 4.69) is 22.6 Å². The third-order valence-corrected chi connectivity index (χ3v) is 7.12. The summed E-state index contributed by atoms with van der Waals surface area (Å²) < 4.78 is 12.4. The third-order valence-electron chi connectivity index (χ3n) is 3.34. The van der Waals surface area contributed by atoms with Gasteiger partial charge in [0.15, 0.2) is 11.5 Å². The van der Waals surface area contributed by atoms with Crippen molar-refractivity contribution in [3.05, 3.63) is 57.2 Å². The highest BCUT2D eigenvalue weighted by Crippen LogP contribution is 2.46. The summed E-state index contributed by atoms with van der Waals surface area (Å²) >= 11 is 6.04. The fourth-order valence-electron chi connectivity index (χ4n) is 2.24. The van der Waals surface area contributed by atoms with Gasteiger partial charge in [0.05, 0.1) is 17.3 Å². The van der Waals surface area contributed by atoms with Crippen LogP contribution in [0.2, 0.25) is 0 Å². The lowest BCUT2D eigenvalue weighted by atomic mass is 10.2. The average molecular weight is 458 g/mol. The Kier molecular flexibility index (Phi) is 5.76. The van der Waals surface area contributed by atoms with Crippen LogP contribution in [-0.2, 0) is 0 Å². The molecular weight excluding hydrogens is 443 g/mol. The van der Waals surface area contributed by atoms with Crippen LogP contribution in [0.1, 0.15) is 20.5 Å². The van der Waals surface area contributed by atoms with Crippen LogP contribution in [0, 0.1) is 3.57 Å². The number of halogens is 1. The molecule has 0 aromatic heterocycles. The van der Waals surface area contributed by atoms with Gasteiger partial charge in [-0.2, -0.15) is 0 Å². The Labute approximate surface area is 157 Å². The number of benzene rings is 2. The molecule has 1 saturated heterocycles. The second-order valence-corrected chi connectivity index (χ2v) is 8.85. The molecule has 0 saturated carbocycles. The molecule has 6 heteroatoms. The van der Waals surface area contributed by atoms with Crippen LogP contribution in [0.3, 0.4) is 0 Å². The van der Waals surface area contributed by atoms with E-state index in [1.165, 1.54) is 17.1 Å². The zero-order chi connectivity index (χ0) is 16.2. The molecule has 2 aromatic carbocycles. The normalized spacial score (nSPS) is 14.7. The molecule has 23 heavy (non-hydrogen) atoms. The number of hydrogen-bond acceptors (Lipinski definition) is 5. The molecule has 0 bridgehead atoms. The van der Waals surface area contributed by atoms with Crippen LogP contribution < -0.4 is 9.47 Å². The fourth-order valence-corrected chi connectivity index (χ4v) is 5.62. The minimum Gasteiger partial charge on any atom is -0.493 e. The van der Waals surface area contributed by atoms with Gasteiger partial charge in [0.25, 0.3) is 0 Å². The topological polar surface area (TPSA) is 35.5 Å². The van der Waals surface area contributed by atoms with E-state index in [1.54, 1.807) is 19.2 Å². The van der Waals surface area contributed by atoms with Crippen LogP contribution in [0.15, 0.2) is 42.5 Å². The Hall–Kier alpha value is -0.860. The van der Waals surface area contributed by atoms with Crippen molar-refractivity contribution in [3.63, 3.8) is 0 Å². The molecule has 0 radical (unpaired) electrons. The summed E-state index contributed by atoms with van der Waals surface area (Å²) in [4.78, 5) is 12.3. The zero-order valence-corrected chi connectivity index (χ0v) is 16.2. The molecule has 0 amide bonds. The SMILES string of the molecule is COc1cc(C2SCCS2)ccc1OC(=O)c1cccc(I)c1. The van der Waals surface area contributed by atoms with Crippen molar-refractivity contribution in [2.24, 2.45) is 0 Å². The van der Waals surface area contributed by atoms with Crippen molar-refractivity contribution in [2.75, 3.05) is 18.6 Å². The highest BCUT2D eigenvalue weighted by molar-refractivity contribution is 14.1. The van der Waals surface area contributed by atoms with Crippen molar-refractivity contribution < 1.29 is 14.3 Å². The molecule has 1 aliphatic rings. The van der Waals surface area contributed by atoms with E-state index in [1.807, 2.05) is 53.9 Å². The van der Waals surface area contributed by atoms with Gasteiger partial charge in [-0.25, -0.2) is 4.79 Å². The number of rotatable bonds is 4. The second-order valence-electron chi connectivity index (χ2n) is 4.88. The number of carbonyl (C=O) groups is 1. The quantitative estimate of drug-likeness (QED) is 0.366. The van der Waals surface area contributed by atoms with Crippen molar-refractivity contribution in [1.29, 1.82) is 0 Å². The second kappa shape index (κ2) is 7.81. The summed E-state index contributed by atoms with van der Waals surface area (Å²) in [6.45, 7) is 0. The largest absolute Gasteiger partial charge is 0.493 e. The maximum absolute atomic E-state index is 12.3. The van der Waals surface area contributed by atoms with Crippen LogP contribution >= 0.6 is 46.1 Å². The fraction of sp³-hybridized carbons (Fsp3) is 0.235. The van der Waals surface area contributed by atoms with Gasteiger partial charge in [-0.05, 0) is 58.5 Å². The standard InChI is InChI=1S/C17H15IO3S2/c1-20-15-10-12(17-22-7-8-23-17)5-6-14(15)21-16(19)11-3-2-4-13(18)9-11/h2-6,9-10,17H,7-8H2,1H3. The van der Waals surface area contributed by atoms with Gasteiger partial charge < -0.3 is 9.47 Å². The number of carbonyl (C=O) groups excluding carboxylic acids is 1. The van der Waals surface area contributed by atoms with E-state index in [0.29, 0.717) is 21.6 Å². The molecule has 3 rings (SSSR count). The van der Waals surface area contributed by atoms with Crippen LogP contribution in [0.5, 0.6) is 11.5 Å². The summed E-state index contributed by atoms with van der Waals surface area (Å²) in [5.74, 6) is 3.00. The van der Waals surface area contributed by atoms with E-state index < -0.39 is 0 Å². The summed E-state index contributed by atoms with van der Waals surface area (Å²) in [7, 11) is 1.59. The van der Waals surface area contributed by atoms with Gasteiger partial charge in [-0.3, -0.25) is 0 Å². The summed E-state index contributed by atoms with van der Waals surface area (Å²) in [6.07, 6.45) is 0. The van der Waals surface area contributed by atoms with E-state index in [-0.39, 0.29) is 5.97 Å². The van der Waals surface area contributed by atoms with Gasteiger partial charge in [0.2, 0.25) is 0 Å². The van der Waals surface area contributed by atoms with Crippen LogP contribution in [0.25, 0.3) is 0 Å². The number of esters is 1. The molecule has 3 nitrogen and oxygen atoms in total. The van der Waals surface area contributed by atoms with Crippen LogP contribution in [0.4, 0.5) is 0 Å². The summed E-state index contributed by atoms with van der Waals surface area (Å²) in [6, 6.07) is 13.1. The number of ether oxygens (including phenoxy) is 2. The van der Waals surface area contributed by atoms with Crippen LogP contribution in [-0.4, -0.2) is 24.6 Å². The first-order valence-electron chi connectivity index (χ1n) is 7.06. The highest BCUT2D eigenvalue weighted by atomic mass is 127. The first-order valence-corrected chi connectivity index (χ1v) is 10.2. The van der Waals surface area contributed by atoms with E-state index in [9.17, 15) is 4.79 Å². The van der Waals surface area contributed by atoms with Crippen molar-refractivity contribution >= 4 is 52.1 Å². The van der Waals surface area contributed by atoms with Gasteiger partial charge >= 0.3 is 5.97 Å². The Bertz CT molecular complexity index is 715.